The van der Waals surface area contributed by atoms with Gasteiger partial charge in [0.1, 0.15) is 0 Å². The molecular formula is C10H11F3N2S. The fourth-order valence-electron chi connectivity index (χ4n) is 1.21. The number of hydrogen-bond donors (Lipinski definition) is 2. The summed E-state index contributed by atoms with van der Waals surface area (Å²) < 4.78 is 37.5. The molecule has 0 spiro atoms. The molecule has 0 aromatic heterocycles. The summed E-state index contributed by atoms with van der Waals surface area (Å²) in [5.41, 5.74) is 0.164. The van der Waals surface area contributed by atoms with Crippen LogP contribution in [-0.2, 0) is 6.18 Å². The number of hydrogen-bond acceptors (Lipinski definition) is 1. The molecule has 0 bridgehead atoms. The Kier molecular flexibility index (Phi) is 3.74. The fourth-order valence-corrected chi connectivity index (χ4v) is 1.33. The molecule has 88 valence electrons. The first-order valence-corrected chi connectivity index (χ1v) is 4.91. The highest BCUT2D eigenvalue weighted by Crippen LogP contribution is 2.31. The Morgan fingerprint density at radius 2 is 1.88 bits per heavy atom. The van der Waals surface area contributed by atoms with Gasteiger partial charge in [0, 0.05) is 12.7 Å². The third-order valence-corrected chi connectivity index (χ3v) is 2.20. The molecular weight excluding hydrogens is 237 g/mol. The van der Waals surface area contributed by atoms with Crippen LogP contribution in [0.15, 0.2) is 18.2 Å². The van der Waals surface area contributed by atoms with Gasteiger partial charge in [-0.1, -0.05) is 0 Å². The van der Waals surface area contributed by atoms with E-state index < -0.39 is 11.7 Å². The van der Waals surface area contributed by atoms with Gasteiger partial charge in [0.2, 0.25) is 0 Å². The molecule has 16 heavy (non-hydrogen) atoms. The zero-order valence-corrected chi connectivity index (χ0v) is 9.59. The molecule has 0 radical (unpaired) electrons. The minimum absolute atomic E-state index is 0.277. The highest BCUT2D eigenvalue weighted by atomic mass is 32.1. The van der Waals surface area contributed by atoms with E-state index in [4.69, 9.17) is 12.2 Å². The summed E-state index contributed by atoms with van der Waals surface area (Å²) in [6, 6.07) is 3.71. The molecule has 0 aliphatic rings. The second kappa shape index (κ2) is 4.69. The van der Waals surface area contributed by atoms with Crippen molar-refractivity contribution in [2.45, 2.75) is 13.1 Å². The Morgan fingerprint density at radius 1 is 1.25 bits per heavy atom. The molecule has 0 heterocycles. The van der Waals surface area contributed by atoms with E-state index in [-0.39, 0.29) is 5.11 Å². The normalized spacial score (nSPS) is 11.1. The van der Waals surface area contributed by atoms with Gasteiger partial charge in [0.05, 0.1) is 5.56 Å². The Morgan fingerprint density at radius 3 is 2.38 bits per heavy atom. The van der Waals surface area contributed by atoms with E-state index in [2.05, 4.69) is 10.6 Å². The number of halogens is 3. The van der Waals surface area contributed by atoms with Crippen molar-refractivity contribution < 1.29 is 13.2 Å². The lowest BCUT2D eigenvalue weighted by molar-refractivity contribution is -0.137. The number of aryl methyl sites for hydroxylation is 1. The topological polar surface area (TPSA) is 24.1 Å². The van der Waals surface area contributed by atoms with Crippen LogP contribution in [0.1, 0.15) is 11.1 Å². The summed E-state index contributed by atoms with van der Waals surface area (Å²) in [6.07, 6.45) is -4.34. The minimum atomic E-state index is -4.34. The Hall–Kier alpha value is -1.30. The second-order valence-electron chi connectivity index (χ2n) is 3.29. The van der Waals surface area contributed by atoms with Crippen LogP contribution in [-0.4, -0.2) is 12.2 Å². The van der Waals surface area contributed by atoms with Crippen molar-refractivity contribution in [3.8, 4) is 0 Å². The van der Waals surface area contributed by atoms with Gasteiger partial charge in [0.25, 0.3) is 0 Å². The number of benzene rings is 1. The van der Waals surface area contributed by atoms with Gasteiger partial charge in [-0.3, -0.25) is 0 Å². The number of anilines is 1. The maximum Gasteiger partial charge on any atom is 0.416 e. The van der Waals surface area contributed by atoms with E-state index >= 15 is 0 Å². The maximum atomic E-state index is 12.5. The van der Waals surface area contributed by atoms with E-state index in [1.54, 1.807) is 20.0 Å². The van der Waals surface area contributed by atoms with E-state index in [0.29, 0.717) is 11.3 Å². The lowest BCUT2D eigenvalue weighted by Crippen LogP contribution is -2.24. The molecule has 1 aromatic rings. The van der Waals surface area contributed by atoms with E-state index in [1.807, 2.05) is 0 Å². The van der Waals surface area contributed by atoms with Crippen molar-refractivity contribution >= 4 is 23.0 Å². The van der Waals surface area contributed by atoms with Gasteiger partial charge >= 0.3 is 6.18 Å². The zero-order chi connectivity index (χ0) is 12.3. The molecule has 1 aromatic carbocycles. The molecule has 0 saturated carbocycles. The molecule has 0 amide bonds. The Bertz CT molecular complexity index is 402. The van der Waals surface area contributed by atoms with Crippen molar-refractivity contribution in [3.05, 3.63) is 29.3 Å². The predicted molar refractivity (Wildman–Crippen MR) is 61.5 cm³/mol. The SMILES string of the molecule is CNC(=S)Nc1cc(C)cc(C(F)(F)F)c1. The van der Waals surface area contributed by atoms with Crippen molar-refractivity contribution in [1.29, 1.82) is 0 Å². The van der Waals surface area contributed by atoms with Crippen LogP contribution >= 0.6 is 12.2 Å². The van der Waals surface area contributed by atoms with Gasteiger partial charge in [-0.25, -0.2) is 0 Å². The van der Waals surface area contributed by atoms with Gasteiger partial charge in [0.15, 0.2) is 5.11 Å². The summed E-state index contributed by atoms with van der Waals surface area (Å²) in [4.78, 5) is 0. The average molecular weight is 248 g/mol. The van der Waals surface area contributed by atoms with E-state index in [0.717, 1.165) is 12.1 Å². The monoisotopic (exact) mass is 248 g/mol. The lowest BCUT2D eigenvalue weighted by Gasteiger charge is -2.12. The maximum absolute atomic E-state index is 12.5. The summed E-state index contributed by atoms with van der Waals surface area (Å²) in [5.74, 6) is 0. The summed E-state index contributed by atoms with van der Waals surface area (Å²) in [6.45, 7) is 1.60. The number of alkyl halides is 3. The van der Waals surface area contributed by atoms with E-state index in [9.17, 15) is 13.2 Å². The molecule has 2 N–H and O–H groups in total. The summed E-state index contributed by atoms with van der Waals surface area (Å²) in [5, 5.41) is 5.57. The highest BCUT2D eigenvalue weighted by molar-refractivity contribution is 7.80. The van der Waals surface area contributed by atoms with Gasteiger partial charge in [-0.15, -0.1) is 0 Å². The highest BCUT2D eigenvalue weighted by Gasteiger charge is 2.30. The molecule has 0 atom stereocenters. The van der Waals surface area contributed by atoms with E-state index in [1.165, 1.54) is 0 Å². The number of nitrogens with one attached hydrogen (secondary N) is 2. The molecule has 0 aliphatic carbocycles. The van der Waals surface area contributed by atoms with Crippen molar-refractivity contribution in [1.82, 2.24) is 5.32 Å². The smallest absolute Gasteiger partial charge is 0.366 e. The van der Waals surface area contributed by atoms with Crippen molar-refractivity contribution in [2.75, 3.05) is 12.4 Å². The van der Waals surface area contributed by atoms with Crippen LogP contribution in [0.2, 0.25) is 0 Å². The first kappa shape index (κ1) is 12.8. The molecule has 0 saturated heterocycles. The van der Waals surface area contributed by atoms with Crippen LogP contribution in [0.4, 0.5) is 18.9 Å². The quantitative estimate of drug-likeness (QED) is 0.747. The molecule has 1 rings (SSSR count). The third kappa shape index (κ3) is 3.37. The minimum Gasteiger partial charge on any atom is -0.366 e. The first-order valence-electron chi connectivity index (χ1n) is 4.50. The van der Waals surface area contributed by atoms with Crippen LogP contribution in [0.3, 0.4) is 0 Å². The fraction of sp³-hybridized carbons (Fsp3) is 0.300. The predicted octanol–water partition coefficient (Wildman–Crippen LogP) is 2.93. The molecule has 6 heteroatoms. The van der Waals surface area contributed by atoms with Crippen molar-refractivity contribution in [3.63, 3.8) is 0 Å². The average Bonchev–Trinajstić information content (AvgIpc) is 2.15. The van der Waals surface area contributed by atoms with Crippen LogP contribution in [0.5, 0.6) is 0 Å². The summed E-state index contributed by atoms with van der Waals surface area (Å²) >= 11 is 4.81. The third-order valence-electron chi connectivity index (χ3n) is 1.89. The Labute approximate surface area is 96.8 Å². The molecule has 2 nitrogen and oxygen atoms in total. The van der Waals surface area contributed by atoms with Crippen LogP contribution in [0, 0.1) is 6.92 Å². The van der Waals surface area contributed by atoms with Crippen molar-refractivity contribution in [2.24, 2.45) is 0 Å². The van der Waals surface area contributed by atoms with Gasteiger partial charge < -0.3 is 10.6 Å². The summed E-state index contributed by atoms with van der Waals surface area (Å²) in [7, 11) is 1.59. The molecule has 0 unspecified atom stereocenters. The lowest BCUT2D eigenvalue weighted by atomic mass is 10.1. The van der Waals surface area contributed by atoms with Crippen LogP contribution < -0.4 is 10.6 Å². The Balaban J connectivity index is 3.04. The first-order chi connectivity index (χ1) is 7.32. The largest absolute Gasteiger partial charge is 0.416 e. The van der Waals surface area contributed by atoms with Gasteiger partial charge in [-0.05, 0) is 42.9 Å². The molecule has 0 fully saturated rings. The van der Waals surface area contributed by atoms with Gasteiger partial charge in [-0.2, -0.15) is 13.2 Å². The standard InChI is InChI=1S/C10H11F3N2S/c1-6-3-7(10(11,12)13)5-8(4-6)15-9(16)14-2/h3-5H,1-2H3,(H2,14,15,16). The number of thiocarbonyl (C=S) groups is 1. The molecule has 0 aliphatic heterocycles. The second-order valence-corrected chi connectivity index (χ2v) is 3.70. The zero-order valence-electron chi connectivity index (χ0n) is 8.77. The number of rotatable bonds is 1. The van der Waals surface area contributed by atoms with Crippen LogP contribution in [0.25, 0.3) is 0 Å².